The molecule has 0 aliphatic carbocycles. The van der Waals surface area contributed by atoms with Crippen molar-refractivity contribution < 1.29 is 13.2 Å². The molecule has 0 aliphatic heterocycles. The third kappa shape index (κ3) is 4.26. The van der Waals surface area contributed by atoms with Crippen LogP contribution in [-0.2, 0) is 21.9 Å². The molecule has 0 bridgehead atoms. The minimum absolute atomic E-state index is 0.0492. The molecule has 2 aromatic rings. The lowest BCUT2D eigenvalue weighted by atomic mass is 10.3. The number of rotatable bonds is 6. The quantitative estimate of drug-likeness (QED) is 0.751. The van der Waals surface area contributed by atoms with Crippen LogP contribution < -0.4 is 5.32 Å². The van der Waals surface area contributed by atoms with Crippen molar-refractivity contribution in [1.29, 1.82) is 0 Å². The number of carbonyl (C=O) groups is 1. The predicted octanol–water partition coefficient (Wildman–Crippen LogP) is 1.45. The minimum Gasteiger partial charge on any atom is -0.324 e. The third-order valence-electron chi connectivity index (χ3n) is 2.99. The molecule has 2 rings (SSSR count). The average Bonchev–Trinajstić information content (AvgIpc) is 2.92. The fraction of sp³-hybridized carbons (Fsp3) is 0.308. The molecule has 0 saturated heterocycles. The first kappa shape index (κ1) is 18.7. The van der Waals surface area contributed by atoms with Crippen LogP contribution in [0.25, 0.3) is 0 Å². The fourth-order valence-electron chi connectivity index (χ4n) is 1.69. The maximum Gasteiger partial charge on any atom is 0.242 e. The van der Waals surface area contributed by atoms with Gasteiger partial charge in [0.25, 0.3) is 0 Å². The van der Waals surface area contributed by atoms with Crippen LogP contribution in [0, 0.1) is 0 Å². The van der Waals surface area contributed by atoms with Crippen LogP contribution in [0.2, 0.25) is 5.02 Å². The zero-order valence-corrected chi connectivity index (χ0v) is 15.6. The lowest BCUT2D eigenvalue weighted by Crippen LogP contribution is -2.22. The largest absolute Gasteiger partial charge is 0.324 e. The van der Waals surface area contributed by atoms with Gasteiger partial charge in [0.05, 0.1) is 21.4 Å². The highest BCUT2D eigenvalue weighted by Gasteiger charge is 2.19. The van der Waals surface area contributed by atoms with Crippen LogP contribution in [0.5, 0.6) is 0 Å². The van der Waals surface area contributed by atoms with E-state index in [1.54, 1.807) is 11.6 Å². The first-order valence-corrected chi connectivity index (χ1v) is 9.51. The Balaban J connectivity index is 2.11. The highest BCUT2D eigenvalue weighted by Crippen LogP contribution is 2.26. The fourth-order valence-corrected chi connectivity index (χ4v) is 3.47. The van der Waals surface area contributed by atoms with Gasteiger partial charge in [-0.25, -0.2) is 12.7 Å². The number of hydrogen-bond acceptors (Lipinski definition) is 6. The summed E-state index contributed by atoms with van der Waals surface area (Å²) in [5.74, 6) is -0.239. The van der Waals surface area contributed by atoms with Crippen LogP contribution >= 0.6 is 23.4 Å². The normalized spacial score (nSPS) is 11.7. The van der Waals surface area contributed by atoms with E-state index in [1.165, 1.54) is 50.4 Å². The average molecular weight is 390 g/mol. The molecule has 1 N–H and O–H groups in total. The molecule has 8 nitrogen and oxygen atoms in total. The Morgan fingerprint density at radius 3 is 2.71 bits per heavy atom. The lowest BCUT2D eigenvalue weighted by molar-refractivity contribution is -0.113. The van der Waals surface area contributed by atoms with Gasteiger partial charge < -0.3 is 9.88 Å². The number of nitrogens with zero attached hydrogens (tertiary/aromatic N) is 4. The van der Waals surface area contributed by atoms with Crippen LogP contribution in [0.15, 0.2) is 34.6 Å². The molecule has 11 heteroatoms. The summed E-state index contributed by atoms with van der Waals surface area (Å²) in [6.07, 6.45) is 1.53. The summed E-state index contributed by atoms with van der Waals surface area (Å²) in [5, 5.41) is 11.0. The Hall–Kier alpha value is -1.62. The number of aromatic nitrogens is 3. The number of nitrogens with one attached hydrogen (secondary N) is 1. The maximum absolute atomic E-state index is 12.1. The number of thioether (sulfide) groups is 1. The topological polar surface area (TPSA) is 97.2 Å². The van der Waals surface area contributed by atoms with Gasteiger partial charge in [0.1, 0.15) is 6.33 Å². The Bertz CT molecular complexity index is 851. The van der Waals surface area contributed by atoms with Gasteiger partial charge in [-0.05, 0) is 18.2 Å². The highest BCUT2D eigenvalue weighted by molar-refractivity contribution is 7.99. The van der Waals surface area contributed by atoms with Crippen molar-refractivity contribution in [2.24, 2.45) is 7.05 Å². The molecular weight excluding hydrogens is 374 g/mol. The minimum atomic E-state index is -3.61. The van der Waals surface area contributed by atoms with E-state index in [4.69, 9.17) is 11.6 Å². The van der Waals surface area contributed by atoms with Crippen molar-refractivity contribution >= 4 is 45.0 Å². The molecule has 24 heavy (non-hydrogen) atoms. The summed E-state index contributed by atoms with van der Waals surface area (Å²) in [4.78, 5) is 12.1. The van der Waals surface area contributed by atoms with Gasteiger partial charge in [0.2, 0.25) is 15.9 Å². The Labute approximate surface area is 149 Å². The van der Waals surface area contributed by atoms with Gasteiger partial charge in [-0.2, -0.15) is 0 Å². The number of amides is 1. The summed E-state index contributed by atoms with van der Waals surface area (Å²) in [5.41, 5.74) is 0.239. The first-order chi connectivity index (χ1) is 11.2. The van der Waals surface area contributed by atoms with Gasteiger partial charge in [0, 0.05) is 21.1 Å². The van der Waals surface area contributed by atoms with E-state index in [-0.39, 0.29) is 27.3 Å². The maximum atomic E-state index is 12.1. The van der Waals surface area contributed by atoms with Crippen molar-refractivity contribution in [1.82, 2.24) is 19.1 Å². The molecule has 0 atom stereocenters. The summed E-state index contributed by atoms with van der Waals surface area (Å²) < 4.78 is 27.1. The molecule has 0 aliphatic rings. The smallest absolute Gasteiger partial charge is 0.242 e. The molecule has 1 heterocycles. The predicted molar refractivity (Wildman–Crippen MR) is 92.7 cm³/mol. The van der Waals surface area contributed by atoms with Crippen molar-refractivity contribution in [3.63, 3.8) is 0 Å². The number of aryl methyl sites for hydroxylation is 1. The number of halogens is 1. The number of carbonyl (C=O) groups excluding carboxylic acids is 1. The van der Waals surface area contributed by atoms with Crippen molar-refractivity contribution in [3.8, 4) is 0 Å². The van der Waals surface area contributed by atoms with E-state index >= 15 is 0 Å². The molecule has 0 fully saturated rings. The molecule has 130 valence electrons. The van der Waals surface area contributed by atoms with Crippen molar-refractivity contribution in [2.45, 2.75) is 10.1 Å². The molecule has 0 saturated carbocycles. The van der Waals surface area contributed by atoms with Gasteiger partial charge in [-0.15, -0.1) is 10.2 Å². The summed E-state index contributed by atoms with van der Waals surface area (Å²) >= 11 is 7.25. The zero-order chi connectivity index (χ0) is 17.9. The van der Waals surface area contributed by atoms with Crippen LogP contribution in [0.3, 0.4) is 0 Å². The van der Waals surface area contributed by atoms with Gasteiger partial charge in [-0.1, -0.05) is 23.4 Å². The van der Waals surface area contributed by atoms with Gasteiger partial charge in [-0.3, -0.25) is 4.79 Å². The number of hydrogen-bond donors (Lipinski definition) is 1. The second-order valence-corrected chi connectivity index (χ2v) is 8.49. The molecule has 0 radical (unpaired) electrons. The number of benzene rings is 1. The van der Waals surface area contributed by atoms with Crippen molar-refractivity contribution in [2.75, 3.05) is 25.2 Å². The zero-order valence-electron chi connectivity index (χ0n) is 13.2. The van der Waals surface area contributed by atoms with E-state index in [1.807, 2.05) is 0 Å². The van der Waals surface area contributed by atoms with E-state index in [0.717, 1.165) is 4.31 Å². The molecular formula is C13H16ClN5O3S2. The second kappa shape index (κ2) is 7.51. The summed E-state index contributed by atoms with van der Waals surface area (Å²) in [6, 6.07) is 4.16. The SMILES string of the molecule is CN(C)S(=O)(=O)c1ccc(Cl)c(NC(=O)CSc2nncn2C)c1. The Kier molecular flexibility index (Phi) is 5.86. The number of anilines is 1. The standard InChI is InChI=1S/C13H16ClN5O3S2/c1-18(2)24(21,22)9-4-5-10(14)11(6-9)16-12(20)7-23-13-17-15-8-19(13)3/h4-6,8H,7H2,1-3H3,(H,16,20). The van der Waals surface area contributed by atoms with Crippen molar-refractivity contribution in [3.05, 3.63) is 29.5 Å². The van der Waals surface area contributed by atoms with Gasteiger partial charge in [0.15, 0.2) is 5.16 Å². The highest BCUT2D eigenvalue weighted by atomic mass is 35.5. The van der Waals surface area contributed by atoms with E-state index in [2.05, 4.69) is 15.5 Å². The lowest BCUT2D eigenvalue weighted by Gasteiger charge is -2.13. The van der Waals surface area contributed by atoms with Crippen LogP contribution in [0.1, 0.15) is 0 Å². The Morgan fingerprint density at radius 1 is 1.42 bits per heavy atom. The monoisotopic (exact) mass is 389 g/mol. The first-order valence-electron chi connectivity index (χ1n) is 6.70. The van der Waals surface area contributed by atoms with Gasteiger partial charge >= 0.3 is 0 Å². The third-order valence-corrected chi connectivity index (χ3v) is 6.17. The molecule has 1 aromatic carbocycles. The summed E-state index contributed by atoms with van der Waals surface area (Å²) in [7, 11) is 1.02. The molecule has 1 aromatic heterocycles. The second-order valence-electron chi connectivity index (χ2n) is 4.99. The Morgan fingerprint density at radius 2 is 2.12 bits per heavy atom. The molecule has 0 unspecified atom stereocenters. The van der Waals surface area contributed by atoms with Crippen LogP contribution in [-0.4, -0.2) is 53.2 Å². The molecule has 0 spiro atoms. The number of sulfonamides is 1. The van der Waals surface area contributed by atoms with E-state index < -0.39 is 10.0 Å². The van der Waals surface area contributed by atoms with E-state index in [9.17, 15) is 13.2 Å². The van der Waals surface area contributed by atoms with Crippen LogP contribution in [0.4, 0.5) is 5.69 Å². The molecule has 1 amide bonds. The summed E-state index contributed by atoms with van der Waals surface area (Å²) in [6.45, 7) is 0. The van der Waals surface area contributed by atoms with E-state index in [0.29, 0.717) is 5.16 Å².